The second-order valence-corrected chi connectivity index (χ2v) is 2.37. The molecule has 0 amide bonds. The van der Waals surface area contributed by atoms with Crippen LogP contribution in [0.3, 0.4) is 0 Å². The summed E-state index contributed by atoms with van der Waals surface area (Å²) in [4.78, 5) is 0. The Labute approximate surface area is 55.6 Å². The molecule has 0 aromatic heterocycles. The van der Waals surface area contributed by atoms with Crippen molar-refractivity contribution in [2.75, 3.05) is 19.6 Å². The van der Waals surface area contributed by atoms with Gasteiger partial charge in [-0.3, -0.25) is 0 Å². The van der Waals surface area contributed by atoms with Gasteiger partial charge >= 0.3 is 0 Å². The summed E-state index contributed by atoms with van der Waals surface area (Å²) in [5, 5.41) is 3.18. The van der Waals surface area contributed by atoms with Crippen LogP contribution in [-0.4, -0.2) is 31.8 Å². The standard InChI is InChI=1S/C6H14N2O/c1-5-6(9-5)4-8-3-2-7/h5-6,8H,2-4,7H2,1H3. The Morgan fingerprint density at radius 3 is 2.78 bits per heavy atom. The molecular weight excluding hydrogens is 116 g/mol. The maximum Gasteiger partial charge on any atom is 0.0962 e. The summed E-state index contributed by atoms with van der Waals surface area (Å²) in [6.45, 7) is 4.64. The smallest absolute Gasteiger partial charge is 0.0962 e. The van der Waals surface area contributed by atoms with Gasteiger partial charge in [-0.2, -0.15) is 0 Å². The van der Waals surface area contributed by atoms with Crippen molar-refractivity contribution in [3.63, 3.8) is 0 Å². The second-order valence-electron chi connectivity index (χ2n) is 2.37. The summed E-state index contributed by atoms with van der Waals surface area (Å²) in [7, 11) is 0. The highest BCUT2D eigenvalue weighted by atomic mass is 16.6. The minimum atomic E-state index is 0.455. The predicted octanol–water partition coefficient (Wildman–Crippen LogP) is -0.678. The summed E-state index contributed by atoms with van der Waals surface area (Å²) in [6.07, 6.45) is 0.923. The molecule has 1 aliphatic heterocycles. The first kappa shape index (κ1) is 6.99. The Bertz CT molecular complexity index is 87.1. The lowest BCUT2D eigenvalue weighted by molar-refractivity contribution is 0.372. The monoisotopic (exact) mass is 130 g/mol. The van der Waals surface area contributed by atoms with Crippen molar-refractivity contribution in [1.29, 1.82) is 0 Å². The fraction of sp³-hybridized carbons (Fsp3) is 1.00. The van der Waals surface area contributed by atoms with Crippen molar-refractivity contribution in [1.82, 2.24) is 5.32 Å². The molecule has 0 radical (unpaired) electrons. The highest BCUT2D eigenvalue weighted by Gasteiger charge is 2.32. The maximum atomic E-state index is 5.27. The topological polar surface area (TPSA) is 50.6 Å². The van der Waals surface area contributed by atoms with Crippen LogP contribution in [0.15, 0.2) is 0 Å². The number of hydrogen-bond acceptors (Lipinski definition) is 3. The molecule has 0 aliphatic carbocycles. The van der Waals surface area contributed by atoms with E-state index in [-0.39, 0.29) is 0 Å². The molecule has 3 nitrogen and oxygen atoms in total. The quantitative estimate of drug-likeness (QED) is 0.391. The lowest BCUT2D eigenvalue weighted by Gasteiger charge is -1.96. The van der Waals surface area contributed by atoms with Crippen LogP contribution in [0.1, 0.15) is 6.92 Å². The third-order valence-corrected chi connectivity index (χ3v) is 1.50. The van der Waals surface area contributed by atoms with Gasteiger partial charge in [0.1, 0.15) is 0 Å². The highest BCUT2D eigenvalue weighted by Crippen LogP contribution is 2.19. The molecular formula is C6H14N2O. The SMILES string of the molecule is CC1OC1CNCCN. The lowest BCUT2D eigenvalue weighted by atomic mass is 10.3. The van der Waals surface area contributed by atoms with Gasteiger partial charge in [0.25, 0.3) is 0 Å². The van der Waals surface area contributed by atoms with Crippen LogP contribution < -0.4 is 11.1 Å². The molecule has 2 unspecified atom stereocenters. The first-order valence-electron chi connectivity index (χ1n) is 3.41. The van der Waals surface area contributed by atoms with Gasteiger partial charge in [0.05, 0.1) is 12.2 Å². The summed E-state index contributed by atoms with van der Waals surface area (Å²) in [5.74, 6) is 0. The van der Waals surface area contributed by atoms with Crippen LogP contribution in [0.25, 0.3) is 0 Å². The van der Waals surface area contributed by atoms with Crippen LogP contribution in [0.5, 0.6) is 0 Å². The molecule has 0 bridgehead atoms. The fourth-order valence-corrected chi connectivity index (χ4v) is 0.791. The van der Waals surface area contributed by atoms with E-state index in [0.717, 1.165) is 13.1 Å². The fourth-order valence-electron chi connectivity index (χ4n) is 0.791. The molecule has 3 heteroatoms. The lowest BCUT2D eigenvalue weighted by Crippen LogP contribution is -2.26. The van der Waals surface area contributed by atoms with Gasteiger partial charge in [0.15, 0.2) is 0 Å². The van der Waals surface area contributed by atoms with E-state index < -0.39 is 0 Å². The Kier molecular flexibility index (Phi) is 2.45. The number of rotatable bonds is 4. The summed E-state index contributed by atoms with van der Waals surface area (Å²) in [5.41, 5.74) is 5.27. The van der Waals surface area contributed by atoms with Crippen molar-refractivity contribution in [3.8, 4) is 0 Å². The third kappa shape index (κ3) is 2.30. The zero-order valence-electron chi connectivity index (χ0n) is 5.76. The van der Waals surface area contributed by atoms with E-state index in [2.05, 4.69) is 12.2 Å². The molecule has 0 saturated carbocycles. The van der Waals surface area contributed by atoms with Crippen molar-refractivity contribution < 1.29 is 4.74 Å². The van der Waals surface area contributed by atoms with E-state index in [9.17, 15) is 0 Å². The zero-order chi connectivity index (χ0) is 6.69. The molecule has 0 aromatic carbocycles. The van der Waals surface area contributed by atoms with Gasteiger partial charge < -0.3 is 15.8 Å². The van der Waals surface area contributed by atoms with E-state index in [4.69, 9.17) is 10.5 Å². The predicted molar refractivity (Wildman–Crippen MR) is 36.3 cm³/mol. The molecule has 1 aliphatic rings. The van der Waals surface area contributed by atoms with Gasteiger partial charge in [0, 0.05) is 19.6 Å². The molecule has 1 rings (SSSR count). The molecule has 54 valence electrons. The van der Waals surface area contributed by atoms with Gasteiger partial charge in [-0.1, -0.05) is 0 Å². The third-order valence-electron chi connectivity index (χ3n) is 1.50. The molecule has 1 heterocycles. The summed E-state index contributed by atoms with van der Waals surface area (Å²) in [6, 6.07) is 0. The minimum absolute atomic E-state index is 0.455. The zero-order valence-corrected chi connectivity index (χ0v) is 5.76. The first-order chi connectivity index (χ1) is 4.34. The normalized spacial score (nSPS) is 32.7. The van der Waals surface area contributed by atoms with Crippen LogP contribution in [-0.2, 0) is 4.74 Å². The van der Waals surface area contributed by atoms with Crippen LogP contribution in [0.2, 0.25) is 0 Å². The minimum Gasteiger partial charge on any atom is -0.369 e. The molecule has 3 N–H and O–H groups in total. The van der Waals surface area contributed by atoms with E-state index in [1.54, 1.807) is 0 Å². The molecule has 0 aromatic rings. The van der Waals surface area contributed by atoms with Crippen LogP contribution in [0, 0.1) is 0 Å². The Morgan fingerprint density at radius 1 is 1.67 bits per heavy atom. The van der Waals surface area contributed by atoms with Crippen molar-refractivity contribution in [2.24, 2.45) is 5.73 Å². The molecule has 1 saturated heterocycles. The van der Waals surface area contributed by atoms with Crippen LogP contribution in [0.4, 0.5) is 0 Å². The molecule has 9 heavy (non-hydrogen) atoms. The first-order valence-corrected chi connectivity index (χ1v) is 3.41. The van der Waals surface area contributed by atoms with Gasteiger partial charge in [0.2, 0.25) is 0 Å². The number of ether oxygens (including phenoxy) is 1. The average molecular weight is 130 g/mol. The van der Waals surface area contributed by atoms with Crippen molar-refractivity contribution in [2.45, 2.75) is 19.1 Å². The van der Waals surface area contributed by atoms with Gasteiger partial charge in [-0.05, 0) is 6.92 Å². The number of epoxide rings is 1. The summed E-state index contributed by atoms with van der Waals surface area (Å²) >= 11 is 0. The van der Waals surface area contributed by atoms with Gasteiger partial charge in [-0.25, -0.2) is 0 Å². The van der Waals surface area contributed by atoms with Crippen molar-refractivity contribution >= 4 is 0 Å². The average Bonchev–Trinajstić information content (AvgIpc) is 2.48. The Balaban J connectivity index is 1.83. The Morgan fingerprint density at radius 2 is 2.33 bits per heavy atom. The van der Waals surface area contributed by atoms with Crippen molar-refractivity contribution in [3.05, 3.63) is 0 Å². The summed E-state index contributed by atoms with van der Waals surface area (Å²) < 4.78 is 5.16. The molecule has 0 spiro atoms. The Hall–Kier alpha value is -0.120. The largest absolute Gasteiger partial charge is 0.369 e. The van der Waals surface area contributed by atoms with Gasteiger partial charge in [-0.15, -0.1) is 0 Å². The number of hydrogen-bond donors (Lipinski definition) is 2. The molecule has 1 fully saturated rings. The van der Waals surface area contributed by atoms with E-state index in [1.165, 1.54) is 0 Å². The van der Waals surface area contributed by atoms with E-state index in [0.29, 0.717) is 18.8 Å². The molecule has 2 atom stereocenters. The number of nitrogens with two attached hydrogens (primary N) is 1. The second kappa shape index (κ2) is 3.15. The maximum absolute atomic E-state index is 5.27. The van der Waals surface area contributed by atoms with E-state index in [1.807, 2.05) is 0 Å². The van der Waals surface area contributed by atoms with E-state index >= 15 is 0 Å². The van der Waals surface area contributed by atoms with Crippen LogP contribution >= 0.6 is 0 Å². The number of nitrogens with one attached hydrogen (secondary N) is 1. The highest BCUT2D eigenvalue weighted by molar-refractivity contribution is 4.81.